The number of carbonyl (C=O) groups excluding carboxylic acids is 1. The summed E-state index contributed by atoms with van der Waals surface area (Å²) in [6.07, 6.45) is 0.0302. The van der Waals surface area contributed by atoms with Crippen molar-refractivity contribution in [3.8, 4) is 0 Å². The zero-order valence-electron chi connectivity index (χ0n) is 13.7. The average molecular weight is 372 g/mol. The molecular formula is C19H17FN2O3S. The first-order valence-corrected chi connectivity index (χ1v) is 9.38. The molecule has 3 rings (SSSR count). The number of fused-ring (bicyclic) bond motifs is 1. The molecule has 1 unspecified atom stereocenters. The van der Waals surface area contributed by atoms with Crippen LogP contribution in [-0.2, 0) is 21.2 Å². The first kappa shape index (κ1) is 18.0. The maximum absolute atomic E-state index is 13.0. The summed E-state index contributed by atoms with van der Waals surface area (Å²) in [5.41, 5.74) is 5.94. The second kappa shape index (κ2) is 7.23. The lowest BCUT2D eigenvalue weighted by atomic mass is 10.1. The van der Waals surface area contributed by atoms with Crippen LogP contribution in [-0.4, -0.2) is 20.4 Å². The van der Waals surface area contributed by atoms with Crippen molar-refractivity contribution in [1.29, 1.82) is 0 Å². The number of nitrogens with one attached hydrogen (secondary N) is 1. The minimum absolute atomic E-state index is 0.0302. The number of hydrogen-bond donors (Lipinski definition) is 2. The highest BCUT2D eigenvalue weighted by atomic mass is 32.2. The van der Waals surface area contributed by atoms with E-state index in [1.807, 2.05) is 18.2 Å². The van der Waals surface area contributed by atoms with Crippen molar-refractivity contribution in [3.05, 3.63) is 78.1 Å². The van der Waals surface area contributed by atoms with E-state index in [2.05, 4.69) is 4.72 Å². The van der Waals surface area contributed by atoms with E-state index in [9.17, 15) is 17.6 Å². The maximum Gasteiger partial charge on any atom is 0.241 e. The third-order valence-corrected chi connectivity index (χ3v) is 5.49. The quantitative estimate of drug-likeness (QED) is 0.696. The minimum atomic E-state index is -3.95. The second-order valence-corrected chi connectivity index (χ2v) is 7.63. The smallest absolute Gasteiger partial charge is 0.241 e. The number of carbonyl (C=O) groups is 1. The summed E-state index contributed by atoms with van der Waals surface area (Å²) >= 11 is 0. The molecule has 3 aromatic rings. The van der Waals surface area contributed by atoms with Gasteiger partial charge in [-0.25, -0.2) is 12.8 Å². The van der Waals surface area contributed by atoms with Crippen LogP contribution in [0.3, 0.4) is 0 Å². The molecule has 134 valence electrons. The van der Waals surface area contributed by atoms with Gasteiger partial charge in [0.05, 0.1) is 4.90 Å². The zero-order valence-corrected chi connectivity index (χ0v) is 14.5. The van der Waals surface area contributed by atoms with Crippen molar-refractivity contribution in [3.63, 3.8) is 0 Å². The van der Waals surface area contributed by atoms with Crippen LogP contribution in [0.4, 0.5) is 4.39 Å². The number of rotatable bonds is 6. The fourth-order valence-corrected chi connectivity index (χ4v) is 3.89. The van der Waals surface area contributed by atoms with Crippen LogP contribution in [0.15, 0.2) is 71.6 Å². The van der Waals surface area contributed by atoms with Gasteiger partial charge in [-0.05, 0) is 47.0 Å². The van der Waals surface area contributed by atoms with Crippen molar-refractivity contribution in [2.45, 2.75) is 17.4 Å². The van der Waals surface area contributed by atoms with Crippen molar-refractivity contribution in [1.82, 2.24) is 4.72 Å². The van der Waals surface area contributed by atoms with Crippen LogP contribution >= 0.6 is 0 Å². The Morgan fingerprint density at radius 2 is 1.65 bits per heavy atom. The Hall–Kier alpha value is -2.77. The maximum atomic E-state index is 13.0. The molecule has 0 heterocycles. The number of hydrogen-bond acceptors (Lipinski definition) is 3. The van der Waals surface area contributed by atoms with Gasteiger partial charge >= 0.3 is 0 Å². The molecule has 26 heavy (non-hydrogen) atoms. The van der Waals surface area contributed by atoms with Gasteiger partial charge in [-0.15, -0.1) is 0 Å². The molecule has 0 aliphatic carbocycles. The van der Waals surface area contributed by atoms with Gasteiger partial charge in [-0.1, -0.05) is 42.5 Å². The topological polar surface area (TPSA) is 89.3 Å². The average Bonchev–Trinajstić information content (AvgIpc) is 2.62. The highest BCUT2D eigenvalue weighted by Gasteiger charge is 2.24. The highest BCUT2D eigenvalue weighted by molar-refractivity contribution is 7.89. The number of nitrogens with two attached hydrogens (primary N) is 1. The molecule has 3 aromatic carbocycles. The number of amides is 1. The molecule has 0 aliphatic rings. The Kier molecular flexibility index (Phi) is 5.01. The van der Waals surface area contributed by atoms with E-state index in [0.717, 1.165) is 10.8 Å². The van der Waals surface area contributed by atoms with Crippen molar-refractivity contribution in [2.75, 3.05) is 0 Å². The molecule has 5 nitrogen and oxygen atoms in total. The number of primary amides is 1. The molecule has 0 aliphatic heterocycles. The first-order chi connectivity index (χ1) is 12.3. The van der Waals surface area contributed by atoms with E-state index in [1.165, 1.54) is 36.4 Å². The summed E-state index contributed by atoms with van der Waals surface area (Å²) in [6.45, 7) is 0. The molecule has 7 heteroatoms. The van der Waals surface area contributed by atoms with Gasteiger partial charge in [0.1, 0.15) is 11.9 Å². The molecule has 0 spiro atoms. The van der Waals surface area contributed by atoms with Crippen LogP contribution in [0.25, 0.3) is 10.8 Å². The number of halogens is 1. The molecule has 0 bridgehead atoms. The summed E-state index contributed by atoms with van der Waals surface area (Å²) < 4.78 is 40.7. The van der Waals surface area contributed by atoms with Crippen LogP contribution in [0.1, 0.15) is 5.56 Å². The minimum Gasteiger partial charge on any atom is -0.368 e. The largest absolute Gasteiger partial charge is 0.368 e. The van der Waals surface area contributed by atoms with E-state index < -0.39 is 27.8 Å². The first-order valence-electron chi connectivity index (χ1n) is 7.90. The summed E-state index contributed by atoms with van der Waals surface area (Å²) in [7, 11) is -3.95. The molecule has 1 atom stereocenters. The van der Waals surface area contributed by atoms with Gasteiger partial charge in [-0.2, -0.15) is 4.72 Å². The van der Waals surface area contributed by atoms with Gasteiger partial charge in [0.25, 0.3) is 0 Å². The summed E-state index contributed by atoms with van der Waals surface area (Å²) in [5, 5.41) is 1.67. The van der Waals surface area contributed by atoms with Crippen molar-refractivity contribution >= 4 is 26.7 Å². The number of sulfonamides is 1. The second-order valence-electron chi connectivity index (χ2n) is 5.92. The van der Waals surface area contributed by atoms with Gasteiger partial charge in [0, 0.05) is 0 Å². The SMILES string of the molecule is NC(=O)C(Cc1ccc(F)cc1)NS(=O)(=O)c1ccc2ccccc2c1. The lowest BCUT2D eigenvalue weighted by Crippen LogP contribution is -2.45. The van der Waals surface area contributed by atoms with Gasteiger partial charge in [0.15, 0.2) is 0 Å². The molecule has 3 N–H and O–H groups in total. The Morgan fingerprint density at radius 1 is 1.00 bits per heavy atom. The Bertz CT molecular complexity index is 1050. The Morgan fingerprint density at radius 3 is 2.31 bits per heavy atom. The molecule has 0 saturated carbocycles. The van der Waals surface area contributed by atoms with Gasteiger partial charge < -0.3 is 5.73 Å². The predicted octanol–water partition coefficient (Wildman–Crippen LogP) is 2.35. The summed E-state index contributed by atoms with van der Waals surface area (Å²) in [5.74, 6) is -1.22. The molecule has 0 fully saturated rings. The van der Waals surface area contributed by atoms with E-state index >= 15 is 0 Å². The highest BCUT2D eigenvalue weighted by Crippen LogP contribution is 2.19. The summed E-state index contributed by atoms with van der Waals surface area (Å²) in [6, 6.07) is 16.4. The fourth-order valence-electron chi connectivity index (χ4n) is 2.65. The third-order valence-electron chi connectivity index (χ3n) is 4.03. The third kappa shape index (κ3) is 4.07. The van der Waals surface area contributed by atoms with Crippen LogP contribution in [0, 0.1) is 5.82 Å². The molecule has 1 amide bonds. The van der Waals surface area contributed by atoms with Crippen LogP contribution < -0.4 is 10.5 Å². The zero-order chi connectivity index (χ0) is 18.7. The van der Waals surface area contributed by atoms with Crippen molar-refractivity contribution < 1.29 is 17.6 Å². The van der Waals surface area contributed by atoms with Gasteiger partial charge in [-0.3, -0.25) is 4.79 Å². The number of benzene rings is 3. The van der Waals surface area contributed by atoms with E-state index in [0.29, 0.717) is 5.56 Å². The fraction of sp³-hybridized carbons (Fsp3) is 0.105. The predicted molar refractivity (Wildman–Crippen MR) is 97.4 cm³/mol. The van der Waals surface area contributed by atoms with E-state index in [1.54, 1.807) is 12.1 Å². The Labute approximate surface area is 150 Å². The molecule has 0 radical (unpaired) electrons. The van der Waals surface area contributed by atoms with E-state index in [-0.39, 0.29) is 11.3 Å². The van der Waals surface area contributed by atoms with E-state index in [4.69, 9.17) is 5.73 Å². The summed E-state index contributed by atoms with van der Waals surface area (Å²) in [4.78, 5) is 11.8. The van der Waals surface area contributed by atoms with Crippen molar-refractivity contribution in [2.24, 2.45) is 5.73 Å². The van der Waals surface area contributed by atoms with Crippen LogP contribution in [0.2, 0.25) is 0 Å². The monoisotopic (exact) mass is 372 g/mol. The lowest BCUT2D eigenvalue weighted by molar-refractivity contribution is -0.119. The van der Waals surface area contributed by atoms with Gasteiger partial charge in [0.2, 0.25) is 15.9 Å². The molecule has 0 aromatic heterocycles. The lowest BCUT2D eigenvalue weighted by Gasteiger charge is -2.16. The normalized spacial score (nSPS) is 12.8. The Balaban J connectivity index is 1.86. The molecular weight excluding hydrogens is 355 g/mol. The molecule has 0 saturated heterocycles. The van der Waals surface area contributed by atoms with Crippen LogP contribution in [0.5, 0.6) is 0 Å². The standard InChI is InChI=1S/C19H17FN2O3S/c20-16-8-5-13(6-9-16)11-18(19(21)23)22-26(24,25)17-10-7-14-3-1-2-4-15(14)12-17/h1-10,12,18,22H,11H2,(H2,21,23).